The van der Waals surface area contributed by atoms with Crippen LogP contribution in [0.4, 0.5) is 0 Å². The van der Waals surface area contributed by atoms with E-state index in [1.54, 1.807) is 6.08 Å². The van der Waals surface area contributed by atoms with E-state index in [0.29, 0.717) is 12.2 Å². The molecule has 3 nitrogen and oxygen atoms in total. The summed E-state index contributed by atoms with van der Waals surface area (Å²) in [6.07, 6.45) is 3.86. The van der Waals surface area contributed by atoms with Gasteiger partial charge in [-0.15, -0.1) is 0 Å². The number of carbonyl (C=O) groups is 1. The van der Waals surface area contributed by atoms with Crippen LogP contribution in [0, 0.1) is 20.8 Å². The second-order valence-electron chi connectivity index (χ2n) is 6.65. The molecule has 0 bridgehead atoms. The Morgan fingerprint density at radius 2 is 1.79 bits per heavy atom. The third-order valence-electron chi connectivity index (χ3n) is 4.93. The number of benzene rings is 2. The van der Waals surface area contributed by atoms with Gasteiger partial charge in [0.2, 0.25) is 0 Å². The van der Waals surface area contributed by atoms with Gasteiger partial charge in [0, 0.05) is 12.0 Å². The van der Waals surface area contributed by atoms with Gasteiger partial charge in [0.1, 0.15) is 11.5 Å². The van der Waals surface area contributed by atoms with Crippen LogP contribution in [-0.4, -0.2) is 16.5 Å². The highest BCUT2D eigenvalue weighted by Gasteiger charge is 2.42. The maximum atomic E-state index is 12.7. The van der Waals surface area contributed by atoms with Crippen LogP contribution in [0.3, 0.4) is 0 Å². The summed E-state index contributed by atoms with van der Waals surface area (Å²) in [5.41, 5.74) is 3.49. The van der Waals surface area contributed by atoms with Gasteiger partial charge < -0.3 is 9.84 Å². The summed E-state index contributed by atoms with van der Waals surface area (Å²) in [5.74, 6) is 0.969. The Balaban J connectivity index is 1.91. The first kappa shape index (κ1) is 16.3. The Morgan fingerprint density at radius 3 is 2.46 bits per heavy atom. The van der Waals surface area contributed by atoms with E-state index in [9.17, 15) is 9.90 Å². The van der Waals surface area contributed by atoms with E-state index in [1.807, 2.05) is 64.1 Å². The third-order valence-corrected chi connectivity index (χ3v) is 4.93. The standard InChI is InChI=1S/C21H22O3/c1-13-14(2)20-17(15(3)19(13)23)12-21(4,24-20)18(22)11-10-16-8-6-5-7-9-16/h5-11,23H,12H2,1-4H3. The van der Waals surface area contributed by atoms with E-state index in [0.717, 1.165) is 33.6 Å². The molecule has 124 valence electrons. The topological polar surface area (TPSA) is 46.5 Å². The van der Waals surface area contributed by atoms with E-state index in [1.165, 1.54) is 0 Å². The Labute approximate surface area is 142 Å². The van der Waals surface area contributed by atoms with Gasteiger partial charge in [-0.25, -0.2) is 0 Å². The lowest BCUT2D eigenvalue weighted by Gasteiger charge is -2.21. The molecular formula is C21H22O3. The molecule has 1 atom stereocenters. The van der Waals surface area contributed by atoms with Gasteiger partial charge in [0.15, 0.2) is 11.4 Å². The Bertz CT molecular complexity index is 795. The molecule has 0 spiro atoms. The Hall–Kier alpha value is -2.55. The first-order valence-electron chi connectivity index (χ1n) is 8.11. The molecule has 3 heteroatoms. The predicted molar refractivity (Wildman–Crippen MR) is 95.5 cm³/mol. The van der Waals surface area contributed by atoms with Gasteiger partial charge in [-0.1, -0.05) is 36.4 Å². The lowest BCUT2D eigenvalue weighted by atomic mass is 9.90. The largest absolute Gasteiger partial charge is 0.507 e. The van der Waals surface area contributed by atoms with Gasteiger partial charge in [0.25, 0.3) is 0 Å². The Kier molecular flexibility index (Phi) is 3.96. The minimum atomic E-state index is -0.927. The van der Waals surface area contributed by atoms with Crippen molar-refractivity contribution in [3.63, 3.8) is 0 Å². The van der Waals surface area contributed by atoms with E-state index in [4.69, 9.17) is 4.74 Å². The molecule has 0 amide bonds. The number of carbonyl (C=O) groups excluding carboxylic acids is 1. The highest BCUT2D eigenvalue weighted by molar-refractivity contribution is 6.01. The zero-order valence-corrected chi connectivity index (χ0v) is 14.5. The van der Waals surface area contributed by atoms with Gasteiger partial charge in [-0.2, -0.15) is 0 Å². The monoisotopic (exact) mass is 322 g/mol. The van der Waals surface area contributed by atoms with Crippen molar-refractivity contribution in [1.29, 1.82) is 0 Å². The zero-order valence-electron chi connectivity index (χ0n) is 14.5. The molecule has 1 aliphatic heterocycles. The van der Waals surface area contributed by atoms with E-state index in [2.05, 4.69) is 0 Å². The van der Waals surface area contributed by atoms with Crippen LogP contribution in [0.25, 0.3) is 6.08 Å². The van der Waals surface area contributed by atoms with Crippen LogP contribution in [-0.2, 0) is 11.2 Å². The molecule has 0 radical (unpaired) electrons. The SMILES string of the molecule is Cc1c(C)c2c(c(C)c1O)CC(C)(C(=O)C=Cc1ccccc1)O2. The van der Waals surface area contributed by atoms with Crippen molar-refractivity contribution in [3.8, 4) is 11.5 Å². The summed E-state index contributed by atoms with van der Waals surface area (Å²) in [5, 5.41) is 10.3. The third kappa shape index (κ3) is 2.60. The number of aromatic hydroxyl groups is 1. The lowest BCUT2D eigenvalue weighted by Crippen LogP contribution is -2.39. The summed E-state index contributed by atoms with van der Waals surface area (Å²) in [4.78, 5) is 12.7. The van der Waals surface area contributed by atoms with Crippen molar-refractivity contribution in [2.24, 2.45) is 0 Å². The number of phenolic OH excluding ortho intramolecular Hbond substituents is 1. The molecule has 0 saturated heterocycles. The molecule has 1 unspecified atom stereocenters. The van der Waals surface area contributed by atoms with Crippen molar-refractivity contribution in [2.45, 2.75) is 39.7 Å². The molecule has 1 heterocycles. The molecule has 0 fully saturated rings. The molecule has 3 rings (SSSR count). The maximum Gasteiger partial charge on any atom is 0.199 e. The smallest absolute Gasteiger partial charge is 0.199 e. The first-order valence-corrected chi connectivity index (χ1v) is 8.11. The van der Waals surface area contributed by atoms with Crippen molar-refractivity contribution in [3.05, 3.63) is 64.2 Å². The highest BCUT2D eigenvalue weighted by atomic mass is 16.5. The maximum absolute atomic E-state index is 12.7. The first-order chi connectivity index (χ1) is 11.3. The lowest BCUT2D eigenvalue weighted by molar-refractivity contribution is -0.126. The minimum absolute atomic E-state index is 0.0708. The number of ether oxygens (including phenoxy) is 1. The van der Waals surface area contributed by atoms with Gasteiger partial charge in [0.05, 0.1) is 0 Å². The van der Waals surface area contributed by atoms with Crippen molar-refractivity contribution in [1.82, 2.24) is 0 Å². The number of rotatable bonds is 3. The fourth-order valence-corrected chi connectivity index (χ4v) is 3.17. The number of ketones is 1. The van der Waals surface area contributed by atoms with Crippen LogP contribution in [0.1, 0.15) is 34.7 Å². The molecule has 0 saturated carbocycles. The second-order valence-corrected chi connectivity index (χ2v) is 6.65. The van der Waals surface area contributed by atoms with Crippen molar-refractivity contribution in [2.75, 3.05) is 0 Å². The quantitative estimate of drug-likeness (QED) is 0.857. The van der Waals surface area contributed by atoms with Gasteiger partial charge >= 0.3 is 0 Å². The summed E-state index contributed by atoms with van der Waals surface area (Å²) in [7, 11) is 0. The van der Waals surface area contributed by atoms with E-state index >= 15 is 0 Å². The van der Waals surface area contributed by atoms with Crippen LogP contribution < -0.4 is 4.74 Å². The summed E-state index contributed by atoms with van der Waals surface area (Å²) in [6, 6.07) is 9.72. The molecule has 1 aliphatic rings. The Morgan fingerprint density at radius 1 is 1.12 bits per heavy atom. The average molecular weight is 322 g/mol. The van der Waals surface area contributed by atoms with Crippen LogP contribution >= 0.6 is 0 Å². The summed E-state index contributed by atoms with van der Waals surface area (Å²) >= 11 is 0. The second kappa shape index (κ2) is 5.82. The van der Waals surface area contributed by atoms with Gasteiger partial charge in [-0.05, 0) is 56.0 Å². The van der Waals surface area contributed by atoms with E-state index in [-0.39, 0.29) is 5.78 Å². The molecule has 0 aliphatic carbocycles. The summed E-state index contributed by atoms with van der Waals surface area (Å²) in [6.45, 7) is 7.48. The molecular weight excluding hydrogens is 300 g/mol. The number of fused-ring (bicyclic) bond motifs is 1. The number of phenols is 1. The van der Waals surface area contributed by atoms with Crippen molar-refractivity contribution < 1.29 is 14.6 Å². The predicted octanol–water partition coefficient (Wildman–Crippen LogP) is 4.29. The fraction of sp³-hybridized carbons (Fsp3) is 0.286. The molecule has 1 N–H and O–H groups in total. The minimum Gasteiger partial charge on any atom is -0.507 e. The van der Waals surface area contributed by atoms with Crippen LogP contribution in [0.2, 0.25) is 0 Å². The van der Waals surface area contributed by atoms with Crippen LogP contribution in [0.5, 0.6) is 11.5 Å². The average Bonchev–Trinajstić information content (AvgIpc) is 2.96. The normalized spacial score (nSPS) is 19.3. The van der Waals surface area contributed by atoms with Gasteiger partial charge in [-0.3, -0.25) is 4.79 Å². The molecule has 24 heavy (non-hydrogen) atoms. The number of hydrogen-bond acceptors (Lipinski definition) is 3. The van der Waals surface area contributed by atoms with E-state index < -0.39 is 5.60 Å². The molecule has 2 aromatic rings. The molecule has 0 aromatic heterocycles. The zero-order chi connectivity index (χ0) is 17.5. The molecule has 2 aromatic carbocycles. The highest BCUT2D eigenvalue weighted by Crippen LogP contribution is 2.45. The summed E-state index contributed by atoms with van der Waals surface area (Å²) < 4.78 is 6.08. The fourth-order valence-electron chi connectivity index (χ4n) is 3.17. The van der Waals surface area contributed by atoms with Crippen LogP contribution in [0.15, 0.2) is 36.4 Å². The van der Waals surface area contributed by atoms with Crippen molar-refractivity contribution >= 4 is 11.9 Å². The number of hydrogen-bond donors (Lipinski definition) is 1.